The molecule has 2 aliphatic heterocycles. The lowest BCUT2D eigenvalue weighted by atomic mass is 9.74. The van der Waals surface area contributed by atoms with Gasteiger partial charge in [-0.05, 0) is 49.1 Å². The Morgan fingerprint density at radius 1 is 1.29 bits per heavy atom. The third kappa shape index (κ3) is 3.88. The molecular weight excluding hydrogens is 468 g/mol. The molecule has 35 heavy (non-hydrogen) atoms. The number of halogens is 1. The van der Waals surface area contributed by atoms with Gasteiger partial charge in [-0.3, -0.25) is 9.78 Å². The molecule has 1 aromatic carbocycles. The number of benzene rings is 1. The molecule has 1 spiro atoms. The Morgan fingerprint density at radius 2 is 2.09 bits per heavy atom. The fourth-order valence-corrected chi connectivity index (χ4v) is 5.48. The second-order valence-corrected chi connectivity index (χ2v) is 9.33. The summed E-state index contributed by atoms with van der Waals surface area (Å²) in [5.41, 5.74) is 2.68. The minimum absolute atomic E-state index is 0.00122. The van der Waals surface area contributed by atoms with Crippen LogP contribution in [0, 0.1) is 11.3 Å². The van der Waals surface area contributed by atoms with Gasteiger partial charge in [0.05, 0.1) is 48.1 Å². The van der Waals surface area contributed by atoms with Crippen molar-refractivity contribution in [3.63, 3.8) is 0 Å². The van der Waals surface area contributed by atoms with Gasteiger partial charge in [-0.15, -0.1) is 0 Å². The van der Waals surface area contributed by atoms with Crippen LogP contribution in [0.1, 0.15) is 37.1 Å². The van der Waals surface area contributed by atoms with E-state index in [1.165, 1.54) is 7.11 Å². The summed E-state index contributed by atoms with van der Waals surface area (Å²) in [6.45, 7) is 1.78. The number of likely N-dealkylation sites (tertiary alicyclic amines) is 1. The molecule has 0 N–H and O–H groups in total. The predicted molar refractivity (Wildman–Crippen MR) is 130 cm³/mol. The van der Waals surface area contributed by atoms with Gasteiger partial charge in [0.15, 0.2) is 0 Å². The Hall–Kier alpha value is -3.64. The number of imidazole rings is 1. The smallest absolute Gasteiger partial charge is 0.409 e. The topological polar surface area (TPSA) is 104 Å². The van der Waals surface area contributed by atoms with Crippen LogP contribution >= 0.6 is 11.6 Å². The van der Waals surface area contributed by atoms with Gasteiger partial charge in [0.2, 0.25) is 5.91 Å². The molecule has 0 saturated carbocycles. The van der Waals surface area contributed by atoms with Crippen molar-refractivity contribution in [2.45, 2.75) is 44.2 Å². The van der Waals surface area contributed by atoms with E-state index < -0.39 is 5.41 Å². The Morgan fingerprint density at radius 3 is 2.83 bits per heavy atom. The number of amides is 2. The Bertz CT molecular complexity index is 1340. The van der Waals surface area contributed by atoms with E-state index in [9.17, 15) is 9.59 Å². The van der Waals surface area contributed by atoms with Crippen LogP contribution in [0.25, 0.3) is 11.0 Å². The summed E-state index contributed by atoms with van der Waals surface area (Å²) in [7, 11) is 1.37. The monoisotopic (exact) mass is 492 g/mol. The first-order chi connectivity index (χ1) is 17.0. The molecule has 180 valence electrons. The molecule has 0 atom stereocenters. The molecule has 4 heterocycles. The first-order valence-electron chi connectivity index (χ1n) is 11.6. The van der Waals surface area contributed by atoms with E-state index in [2.05, 4.69) is 15.6 Å². The molecule has 9 nitrogen and oxygen atoms in total. The maximum Gasteiger partial charge on any atom is 0.409 e. The van der Waals surface area contributed by atoms with Crippen molar-refractivity contribution >= 4 is 40.3 Å². The van der Waals surface area contributed by atoms with Crippen molar-refractivity contribution in [2.24, 2.45) is 0 Å². The number of anilines is 1. The van der Waals surface area contributed by atoms with Gasteiger partial charge in [-0.25, -0.2) is 9.78 Å². The number of carbonyl (C=O) groups is 2. The number of piperidine rings is 1. The number of aromatic nitrogens is 3. The second kappa shape index (κ2) is 9.19. The standard InChI is InChI=1S/C25H25ClN6O3/c1-35-24(34)30-12-7-25(8-13-30)18-6-10-28-15-21(18)32(23(25)33)16-22-29-19-14-17(26)4-5-20(19)31(22)11-3-2-9-27/h4-6,10,14-15H,2-3,7-8,11-13,16H2,1H3. The van der Waals surface area contributed by atoms with E-state index in [1.54, 1.807) is 22.2 Å². The third-order valence-corrected chi connectivity index (χ3v) is 7.31. The van der Waals surface area contributed by atoms with E-state index in [1.807, 2.05) is 24.3 Å². The molecule has 1 fully saturated rings. The average Bonchev–Trinajstić information content (AvgIpc) is 3.32. The second-order valence-electron chi connectivity index (χ2n) is 8.90. The van der Waals surface area contributed by atoms with E-state index in [0.29, 0.717) is 50.3 Å². The van der Waals surface area contributed by atoms with Gasteiger partial charge in [0.25, 0.3) is 0 Å². The Kier molecular flexibility index (Phi) is 6.07. The zero-order chi connectivity index (χ0) is 24.6. The zero-order valence-corrected chi connectivity index (χ0v) is 20.2. The molecule has 0 bridgehead atoms. The summed E-state index contributed by atoms with van der Waals surface area (Å²) in [5, 5.41) is 9.60. The minimum Gasteiger partial charge on any atom is -0.453 e. The summed E-state index contributed by atoms with van der Waals surface area (Å²) >= 11 is 6.21. The number of nitriles is 1. The molecule has 2 aromatic heterocycles. The van der Waals surface area contributed by atoms with E-state index in [0.717, 1.165) is 28.1 Å². The highest BCUT2D eigenvalue weighted by molar-refractivity contribution is 6.31. The lowest BCUT2D eigenvalue weighted by molar-refractivity contribution is -0.125. The number of methoxy groups -OCH3 is 1. The summed E-state index contributed by atoms with van der Waals surface area (Å²) < 4.78 is 6.94. The number of hydrogen-bond donors (Lipinski definition) is 0. The number of carbonyl (C=O) groups excluding carboxylic acids is 2. The number of fused-ring (bicyclic) bond motifs is 3. The van der Waals surface area contributed by atoms with Crippen LogP contribution in [0.5, 0.6) is 0 Å². The van der Waals surface area contributed by atoms with E-state index >= 15 is 0 Å². The summed E-state index contributed by atoms with van der Waals surface area (Å²) in [4.78, 5) is 38.5. The predicted octanol–water partition coefficient (Wildman–Crippen LogP) is 4.04. The van der Waals surface area contributed by atoms with Crippen LogP contribution in [0.2, 0.25) is 5.02 Å². The molecule has 5 rings (SSSR count). The SMILES string of the molecule is COC(=O)N1CCC2(CC1)C(=O)N(Cc1nc3cc(Cl)ccc3n1CCCC#N)c1cnccc12. The lowest BCUT2D eigenvalue weighted by Gasteiger charge is -2.37. The van der Waals surface area contributed by atoms with Crippen LogP contribution in [-0.2, 0) is 28.0 Å². The van der Waals surface area contributed by atoms with E-state index in [4.69, 9.17) is 26.6 Å². The van der Waals surface area contributed by atoms with Crippen molar-refractivity contribution in [3.05, 3.63) is 53.1 Å². The normalized spacial score (nSPS) is 16.5. The first-order valence-corrected chi connectivity index (χ1v) is 12.0. The number of pyridine rings is 1. The van der Waals surface area contributed by atoms with Crippen LogP contribution in [0.15, 0.2) is 36.7 Å². The van der Waals surface area contributed by atoms with Gasteiger partial charge in [0.1, 0.15) is 5.82 Å². The van der Waals surface area contributed by atoms with Crippen molar-refractivity contribution in [2.75, 3.05) is 25.1 Å². The molecule has 2 amide bonds. The number of hydrogen-bond acceptors (Lipinski definition) is 6. The molecule has 10 heteroatoms. The van der Waals surface area contributed by atoms with Gasteiger partial charge in [-0.1, -0.05) is 11.6 Å². The molecule has 3 aromatic rings. The highest BCUT2D eigenvalue weighted by Gasteiger charge is 2.52. The number of aryl methyl sites for hydroxylation is 1. The number of ether oxygens (including phenoxy) is 1. The third-order valence-electron chi connectivity index (χ3n) is 7.07. The molecule has 0 aliphatic carbocycles. The minimum atomic E-state index is -0.705. The van der Waals surface area contributed by atoms with Gasteiger partial charge in [0, 0.05) is 37.3 Å². The number of rotatable bonds is 5. The summed E-state index contributed by atoms with van der Waals surface area (Å²) in [5.74, 6) is 0.728. The van der Waals surface area contributed by atoms with Crippen LogP contribution in [0.3, 0.4) is 0 Å². The maximum absolute atomic E-state index is 14.0. The van der Waals surface area contributed by atoms with Crippen molar-refractivity contribution in [1.82, 2.24) is 19.4 Å². The first kappa shape index (κ1) is 23.1. The van der Waals surface area contributed by atoms with Crippen LogP contribution < -0.4 is 4.90 Å². The quantitative estimate of drug-likeness (QED) is 0.498. The van der Waals surface area contributed by atoms with Gasteiger partial charge >= 0.3 is 6.09 Å². The molecule has 0 unspecified atom stereocenters. The zero-order valence-electron chi connectivity index (χ0n) is 19.4. The van der Waals surface area contributed by atoms with Crippen molar-refractivity contribution < 1.29 is 14.3 Å². The van der Waals surface area contributed by atoms with Crippen molar-refractivity contribution in [1.29, 1.82) is 5.26 Å². The fraction of sp³-hybridized carbons (Fsp3) is 0.400. The Labute approximate surface area is 207 Å². The number of nitrogens with zero attached hydrogens (tertiary/aromatic N) is 6. The Balaban J connectivity index is 1.50. The molecule has 0 radical (unpaired) electrons. The number of unbranched alkanes of at least 4 members (excludes halogenated alkanes) is 1. The highest BCUT2D eigenvalue weighted by atomic mass is 35.5. The van der Waals surface area contributed by atoms with Crippen LogP contribution in [-0.4, -0.2) is 51.6 Å². The molecular formula is C25H25ClN6O3. The average molecular weight is 493 g/mol. The summed E-state index contributed by atoms with van der Waals surface area (Å²) in [6.07, 6.45) is 5.21. The van der Waals surface area contributed by atoms with Crippen molar-refractivity contribution in [3.8, 4) is 6.07 Å². The molecule has 2 aliphatic rings. The van der Waals surface area contributed by atoms with Crippen LogP contribution in [0.4, 0.5) is 10.5 Å². The molecule has 1 saturated heterocycles. The van der Waals surface area contributed by atoms with Gasteiger partial charge < -0.3 is 19.1 Å². The fourth-order valence-electron chi connectivity index (χ4n) is 5.31. The lowest BCUT2D eigenvalue weighted by Crippen LogP contribution is -2.50. The summed E-state index contributed by atoms with van der Waals surface area (Å²) in [6, 6.07) is 9.66. The van der Waals surface area contributed by atoms with Gasteiger partial charge in [-0.2, -0.15) is 5.26 Å². The highest BCUT2D eigenvalue weighted by Crippen LogP contribution is 2.48. The van der Waals surface area contributed by atoms with E-state index in [-0.39, 0.29) is 18.5 Å². The maximum atomic E-state index is 14.0. The largest absolute Gasteiger partial charge is 0.453 e.